The molecule has 3 heterocycles. The van der Waals surface area contributed by atoms with Crippen LogP contribution in [0, 0.1) is 0 Å². The number of likely N-dealkylation sites (tertiary alicyclic amines) is 1. The number of benzene rings is 1. The van der Waals surface area contributed by atoms with E-state index in [0.29, 0.717) is 35.9 Å². The van der Waals surface area contributed by atoms with Crippen molar-refractivity contribution in [1.29, 1.82) is 0 Å². The average molecular weight is 418 g/mol. The lowest BCUT2D eigenvalue weighted by molar-refractivity contribution is 0.0711. The molecule has 3 aromatic rings. The van der Waals surface area contributed by atoms with E-state index < -0.39 is 0 Å². The van der Waals surface area contributed by atoms with E-state index in [4.69, 9.17) is 0 Å². The zero-order chi connectivity index (χ0) is 21.8. The molecular weight excluding hydrogens is 390 g/mol. The molecule has 0 saturated carbocycles. The van der Waals surface area contributed by atoms with E-state index in [1.165, 1.54) is 11.6 Å². The predicted molar refractivity (Wildman–Crippen MR) is 120 cm³/mol. The molecule has 2 aromatic heterocycles. The van der Waals surface area contributed by atoms with Crippen LogP contribution in [0.1, 0.15) is 40.5 Å². The van der Waals surface area contributed by atoms with Crippen LogP contribution in [0.3, 0.4) is 0 Å². The van der Waals surface area contributed by atoms with Gasteiger partial charge in [0.15, 0.2) is 0 Å². The minimum Gasteiger partial charge on any atom is -0.339 e. The van der Waals surface area contributed by atoms with Crippen molar-refractivity contribution in [3.05, 3.63) is 82.0 Å². The number of aromatic nitrogens is 3. The first kappa shape index (κ1) is 20.9. The largest absolute Gasteiger partial charge is 0.339 e. The molecule has 160 valence electrons. The lowest BCUT2D eigenvalue weighted by Crippen LogP contribution is -2.38. The van der Waals surface area contributed by atoms with Gasteiger partial charge in [-0.2, -0.15) is 0 Å². The van der Waals surface area contributed by atoms with Crippen molar-refractivity contribution in [2.24, 2.45) is 0 Å². The van der Waals surface area contributed by atoms with Gasteiger partial charge >= 0.3 is 0 Å². The number of nitrogens with one attached hydrogen (secondary N) is 1. The molecule has 0 atom stereocenters. The fourth-order valence-corrected chi connectivity index (χ4v) is 3.97. The Morgan fingerprint density at radius 3 is 2.48 bits per heavy atom. The normalized spacial score (nSPS) is 14.7. The molecule has 7 nitrogen and oxygen atoms in total. The van der Waals surface area contributed by atoms with Crippen molar-refractivity contribution in [1.82, 2.24) is 24.8 Å². The number of rotatable bonds is 5. The SMILES string of the molecule is CN(C)Cc1ccc(C(=O)N2CCC(c3nc(-c4ccccn4)cc(=O)[nH]3)CC2)cc1. The lowest BCUT2D eigenvalue weighted by atomic mass is 9.95. The van der Waals surface area contributed by atoms with Crippen LogP contribution in [0.2, 0.25) is 0 Å². The molecule has 1 aliphatic heterocycles. The van der Waals surface area contributed by atoms with Crippen LogP contribution < -0.4 is 5.56 Å². The summed E-state index contributed by atoms with van der Waals surface area (Å²) in [6.07, 6.45) is 3.22. The van der Waals surface area contributed by atoms with Gasteiger partial charge in [0.05, 0.1) is 11.4 Å². The monoisotopic (exact) mass is 417 g/mol. The standard InChI is InChI=1S/C24H27N5O2/c1-28(2)16-17-6-8-19(9-7-17)24(31)29-13-10-18(11-14-29)23-26-21(15-22(30)27-23)20-5-3-4-12-25-20/h3-9,12,15,18H,10-11,13-14,16H2,1-2H3,(H,26,27,30). The Kier molecular flexibility index (Phi) is 6.23. The molecule has 1 aromatic carbocycles. The van der Waals surface area contributed by atoms with Gasteiger partial charge in [0.1, 0.15) is 5.82 Å². The van der Waals surface area contributed by atoms with E-state index in [9.17, 15) is 9.59 Å². The highest BCUT2D eigenvalue weighted by atomic mass is 16.2. The number of nitrogens with zero attached hydrogens (tertiary/aromatic N) is 4. The second-order valence-corrected chi connectivity index (χ2v) is 8.23. The summed E-state index contributed by atoms with van der Waals surface area (Å²) in [6.45, 7) is 2.13. The molecule has 1 aliphatic rings. The second-order valence-electron chi connectivity index (χ2n) is 8.23. The van der Waals surface area contributed by atoms with E-state index in [1.807, 2.05) is 61.5 Å². The molecule has 1 saturated heterocycles. The Morgan fingerprint density at radius 1 is 1.10 bits per heavy atom. The molecule has 0 bridgehead atoms. The molecule has 0 aliphatic carbocycles. The molecule has 4 rings (SSSR count). The topological polar surface area (TPSA) is 82.2 Å². The summed E-state index contributed by atoms with van der Waals surface area (Å²) >= 11 is 0. The number of carbonyl (C=O) groups is 1. The number of pyridine rings is 1. The van der Waals surface area contributed by atoms with Gasteiger partial charge in [-0.15, -0.1) is 0 Å². The molecule has 31 heavy (non-hydrogen) atoms. The van der Waals surface area contributed by atoms with Crippen LogP contribution in [0.15, 0.2) is 59.5 Å². The minimum absolute atomic E-state index is 0.0542. The van der Waals surface area contributed by atoms with Crippen LogP contribution in [0.5, 0.6) is 0 Å². The molecular formula is C24H27N5O2. The number of hydrogen-bond acceptors (Lipinski definition) is 5. The van der Waals surface area contributed by atoms with Crippen LogP contribution in [0.4, 0.5) is 0 Å². The quantitative estimate of drug-likeness (QED) is 0.690. The Labute approximate surface area is 181 Å². The first-order chi connectivity index (χ1) is 15.0. The van der Waals surface area contributed by atoms with Gasteiger partial charge in [0.25, 0.3) is 11.5 Å². The van der Waals surface area contributed by atoms with Gasteiger partial charge in [-0.1, -0.05) is 18.2 Å². The van der Waals surface area contributed by atoms with E-state index in [1.54, 1.807) is 6.20 Å². The van der Waals surface area contributed by atoms with Gasteiger partial charge in [-0.3, -0.25) is 14.6 Å². The summed E-state index contributed by atoms with van der Waals surface area (Å²) < 4.78 is 0. The first-order valence-electron chi connectivity index (χ1n) is 10.6. The van der Waals surface area contributed by atoms with Crippen molar-refractivity contribution in [3.8, 4) is 11.4 Å². The summed E-state index contributed by atoms with van der Waals surface area (Å²) in [4.78, 5) is 40.9. The number of carbonyl (C=O) groups excluding carboxylic acids is 1. The summed E-state index contributed by atoms with van der Waals surface area (Å²) in [5.41, 5.74) is 2.98. The molecule has 0 unspecified atom stereocenters. The second kappa shape index (κ2) is 9.22. The Balaban J connectivity index is 1.42. The van der Waals surface area contributed by atoms with E-state index in [2.05, 4.69) is 19.9 Å². The Bertz CT molecular complexity index is 1080. The third-order valence-electron chi connectivity index (χ3n) is 5.56. The molecule has 1 N–H and O–H groups in total. The summed E-state index contributed by atoms with van der Waals surface area (Å²) in [7, 11) is 4.05. The van der Waals surface area contributed by atoms with Crippen LogP contribution in [-0.2, 0) is 6.54 Å². The van der Waals surface area contributed by atoms with Gasteiger partial charge in [-0.25, -0.2) is 4.98 Å². The van der Waals surface area contributed by atoms with Crippen LogP contribution >= 0.6 is 0 Å². The summed E-state index contributed by atoms with van der Waals surface area (Å²) in [5, 5.41) is 0. The van der Waals surface area contributed by atoms with Gasteiger partial charge in [-0.05, 0) is 56.8 Å². The van der Waals surface area contributed by atoms with Crippen molar-refractivity contribution in [2.75, 3.05) is 27.2 Å². The summed E-state index contributed by atoms with van der Waals surface area (Å²) in [5.74, 6) is 0.842. The number of aromatic amines is 1. The van der Waals surface area contributed by atoms with Crippen LogP contribution in [0.25, 0.3) is 11.4 Å². The van der Waals surface area contributed by atoms with Gasteiger partial charge in [0, 0.05) is 43.4 Å². The highest BCUT2D eigenvalue weighted by molar-refractivity contribution is 5.94. The molecule has 0 spiro atoms. The summed E-state index contributed by atoms with van der Waals surface area (Å²) in [6, 6.07) is 14.9. The molecule has 0 radical (unpaired) electrons. The lowest BCUT2D eigenvalue weighted by Gasteiger charge is -2.31. The highest BCUT2D eigenvalue weighted by Crippen LogP contribution is 2.27. The van der Waals surface area contributed by atoms with Crippen molar-refractivity contribution < 1.29 is 4.79 Å². The maximum atomic E-state index is 12.9. The first-order valence-corrected chi connectivity index (χ1v) is 10.6. The van der Waals surface area contributed by atoms with Crippen molar-refractivity contribution >= 4 is 5.91 Å². The molecule has 1 fully saturated rings. The molecule has 7 heteroatoms. The zero-order valence-electron chi connectivity index (χ0n) is 17.9. The number of hydrogen-bond donors (Lipinski definition) is 1. The fourth-order valence-electron chi connectivity index (χ4n) is 3.97. The minimum atomic E-state index is -0.179. The number of H-pyrrole nitrogens is 1. The zero-order valence-corrected chi connectivity index (χ0v) is 17.9. The van der Waals surface area contributed by atoms with E-state index >= 15 is 0 Å². The number of amides is 1. The maximum absolute atomic E-state index is 12.9. The fraction of sp³-hybridized carbons (Fsp3) is 0.333. The average Bonchev–Trinajstić information content (AvgIpc) is 2.79. The third-order valence-corrected chi connectivity index (χ3v) is 5.56. The number of piperidine rings is 1. The highest BCUT2D eigenvalue weighted by Gasteiger charge is 2.26. The van der Waals surface area contributed by atoms with Crippen molar-refractivity contribution in [2.45, 2.75) is 25.3 Å². The predicted octanol–water partition coefficient (Wildman–Crippen LogP) is 2.91. The van der Waals surface area contributed by atoms with E-state index in [-0.39, 0.29) is 17.4 Å². The van der Waals surface area contributed by atoms with Crippen molar-refractivity contribution in [3.63, 3.8) is 0 Å². The third kappa shape index (κ3) is 5.06. The van der Waals surface area contributed by atoms with E-state index in [0.717, 1.165) is 19.4 Å². The van der Waals surface area contributed by atoms with Gasteiger partial charge < -0.3 is 14.8 Å². The Morgan fingerprint density at radius 2 is 1.84 bits per heavy atom. The maximum Gasteiger partial charge on any atom is 0.253 e. The van der Waals surface area contributed by atoms with Gasteiger partial charge in [0.2, 0.25) is 0 Å². The molecule has 1 amide bonds. The Hall–Kier alpha value is -3.32. The smallest absolute Gasteiger partial charge is 0.253 e. The van der Waals surface area contributed by atoms with Crippen LogP contribution in [-0.4, -0.2) is 57.8 Å².